The van der Waals surface area contributed by atoms with E-state index in [2.05, 4.69) is 13.8 Å². The molecule has 0 aromatic rings. The molecule has 0 saturated carbocycles. The van der Waals surface area contributed by atoms with Crippen molar-refractivity contribution in [1.82, 2.24) is 0 Å². The Kier molecular flexibility index (Phi) is 30.2. The van der Waals surface area contributed by atoms with Crippen molar-refractivity contribution in [2.75, 3.05) is 13.2 Å². The Morgan fingerprint density at radius 2 is 0.588 bits per heavy atom. The van der Waals surface area contributed by atoms with Crippen molar-refractivity contribution in [1.29, 1.82) is 0 Å². The molecule has 2 aliphatic rings. The zero-order valence-electron chi connectivity index (χ0n) is 34.2. The largest absolute Gasteiger partial charge is 0.465 e. The van der Waals surface area contributed by atoms with Crippen LogP contribution < -0.4 is 0 Å². The highest BCUT2D eigenvalue weighted by atomic mass is 16.6. The Morgan fingerprint density at radius 1 is 0.373 bits per heavy atom. The molecular weight excluding hydrogens is 633 g/mol. The molecule has 2 aliphatic heterocycles. The van der Waals surface area contributed by atoms with E-state index in [1.165, 1.54) is 193 Å². The molecule has 51 heavy (non-hydrogen) atoms. The van der Waals surface area contributed by atoms with Crippen LogP contribution in [-0.4, -0.2) is 37.4 Å². The number of unbranched alkanes of at least 4 members (excludes halogenated alkanes) is 32. The molecule has 0 radical (unpaired) electrons. The van der Waals surface area contributed by atoms with Crippen LogP contribution >= 0.6 is 0 Å². The van der Waals surface area contributed by atoms with Gasteiger partial charge in [0.05, 0.1) is 37.3 Å². The molecule has 2 saturated heterocycles. The third kappa shape index (κ3) is 23.3. The van der Waals surface area contributed by atoms with Crippen molar-refractivity contribution in [2.45, 2.75) is 257 Å². The van der Waals surface area contributed by atoms with Gasteiger partial charge in [0.2, 0.25) is 0 Å². The van der Waals surface area contributed by atoms with Crippen LogP contribution in [-0.2, 0) is 23.8 Å². The molecule has 0 aromatic heterocycles. The van der Waals surface area contributed by atoms with Gasteiger partial charge < -0.3 is 14.2 Å². The Hall–Kier alpha value is -1.10. The van der Waals surface area contributed by atoms with Gasteiger partial charge in [-0.25, -0.2) is 0 Å². The lowest BCUT2D eigenvalue weighted by molar-refractivity contribution is -0.161. The van der Waals surface area contributed by atoms with Gasteiger partial charge in [-0.1, -0.05) is 219 Å². The van der Waals surface area contributed by atoms with Gasteiger partial charge in [-0.15, -0.1) is 0 Å². The lowest BCUT2D eigenvalue weighted by atomic mass is 9.79. The maximum Gasteiger partial charge on any atom is 0.312 e. The average Bonchev–Trinajstić information content (AvgIpc) is 3.76. The second-order valence-corrected chi connectivity index (χ2v) is 16.5. The molecule has 2 fully saturated rings. The second-order valence-electron chi connectivity index (χ2n) is 16.5. The van der Waals surface area contributed by atoms with Crippen molar-refractivity contribution in [2.24, 2.45) is 11.8 Å². The molecule has 0 N–H and O–H groups in total. The predicted octanol–water partition coefficient (Wildman–Crippen LogP) is 14.2. The van der Waals surface area contributed by atoms with Crippen molar-refractivity contribution in [3.63, 3.8) is 0 Å². The molecular formula is C46H86O5. The quantitative estimate of drug-likeness (QED) is 0.0470. The first-order valence-electron chi connectivity index (χ1n) is 23.2. The van der Waals surface area contributed by atoms with E-state index in [-0.39, 0.29) is 24.1 Å². The Labute approximate surface area is 317 Å². The Morgan fingerprint density at radius 3 is 0.824 bits per heavy atom. The van der Waals surface area contributed by atoms with Crippen LogP contribution in [0.4, 0.5) is 0 Å². The number of ether oxygens (including phenoxy) is 3. The molecule has 300 valence electrons. The van der Waals surface area contributed by atoms with Crippen LogP contribution in [0.1, 0.15) is 245 Å². The first kappa shape index (κ1) is 46.1. The fraction of sp³-hybridized carbons (Fsp3) is 0.957. The summed E-state index contributed by atoms with van der Waals surface area (Å²) in [6.45, 7) is 5.47. The molecule has 2 rings (SSSR count). The SMILES string of the molecule is CCCCCCCCCCCCCCCCCCCOC(=O)C1C2CCC(O2)C1C(=O)OCCCCCCCCCCCCCCCCCCC. The van der Waals surface area contributed by atoms with Crippen LogP contribution in [0.3, 0.4) is 0 Å². The maximum atomic E-state index is 13.1. The highest BCUT2D eigenvalue weighted by Gasteiger charge is 2.56. The third-order valence-electron chi connectivity index (χ3n) is 11.8. The lowest BCUT2D eigenvalue weighted by Crippen LogP contribution is -2.40. The molecule has 4 atom stereocenters. The van der Waals surface area contributed by atoms with Gasteiger partial charge in [-0.05, 0) is 25.7 Å². The van der Waals surface area contributed by atoms with Crippen molar-refractivity contribution in [3.8, 4) is 0 Å². The van der Waals surface area contributed by atoms with E-state index in [0.29, 0.717) is 13.2 Å². The molecule has 0 aliphatic carbocycles. The topological polar surface area (TPSA) is 61.8 Å². The maximum absolute atomic E-state index is 13.1. The highest BCUT2D eigenvalue weighted by Crippen LogP contribution is 2.44. The molecule has 4 unspecified atom stereocenters. The first-order chi connectivity index (χ1) is 25.2. The first-order valence-corrected chi connectivity index (χ1v) is 23.2. The lowest BCUT2D eigenvalue weighted by Gasteiger charge is -2.25. The van der Waals surface area contributed by atoms with Gasteiger partial charge in [0, 0.05) is 0 Å². The number of carbonyl (C=O) groups is 2. The Bertz CT molecular complexity index is 735. The fourth-order valence-corrected chi connectivity index (χ4v) is 8.47. The van der Waals surface area contributed by atoms with Gasteiger partial charge in [0.15, 0.2) is 0 Å². The fourth-order valence-electron chi connectivity index (χ4n) is 8.47. The van der Waals surface area contributed by atoms with E-state index in [1.54, 1.807) is 0 Å². The standard InChI is InChI=1S/C46H86O5/c1-3-5-7-9-11-13-15-17-19-21-23-25-27-29-31-33-35-39-49-45(47)43-41-37-38-42(51-41)44(43)46(48)50-40-36-34-32-30-28-26-24-22-20-18-16-14-12-10-8-6-4-2/h41-44H,3-40H2,1-2H3. The number of fused-ring (bicyclic) bond motifs is 2. The normalized spacial score (nSPS) is 19.6. The van der Waals surface area contributed by atoms with E-state index in [9.17, 15) is 9.59 Å². The van der Waals surface area contributed by atoms with Gasteiger partial charge in [0.25, 0.3) is 0 Å². The van der Waals surface area contributed by atoms with Crippen molar-refractivity contribution in [3.05, 3.63) is 0 Å². The summed E-state index contributed by atoms with van der Waals surface area (Å²) in [5, 5.41) is 0. The van der Waals surface area contributed by atoms with Crippen LogP contribution in [0.15, 0.2) is 0 Å². The van der Waals surface area contributed by atoms with Crippen LogP contribution in [0.2, 0.25) is 0 Å². The van der Waals surface area contributed by atoms with Gasteiger partial charge in [-0.2, -0.15) is 0 Å². The minimum absolute atomic E-state index is 0.184. The number of hydrogen-bond acceptors (Lipinski definition) is 5. The van der Waals surface area contributed by atoms with Crippen LogP contribution in [0.5, 0.6) is 0 Å². The van der Waals surface area contributed by atoms with Gasteiger partial charge in [-0.3, -0.25) is 9.59 Å². The minimum atomic E-state index is -0.488. The molecule has 0 aromatic carbocycles. The Balaban J connectivity index is 1.38. The highest BCUT2D eigenvalue weighted by molar-refractivity contribution is 5.84. The molecule has 2 heterocycles. The van der Waals surface area contributed by atoms with Crippen molar-refractivity contribution >= 4 is 11.9 Å². The summed E-state index contributed by atoms with van der Waals surface area (Å²) in [5.41, 5.74) is 0. The second kappa shape index (κ2) is 33.5. The van der Waals surface area contributed by atoms with E-state index < -0.39 is 11.8 Å². The van der Waals surface area contributed by atoms with Gasteiger partial charge >= 0.3 is 11.9 Å². The monoisotopic (exact) mass is 719 g/mol. The van der Waals surface area contributed by atoms with E-state index in [0.717, 1.165) is 38.5 Å². The summed E-state index contributed by atoms with van der Waals surface area (Å²) in [7, 11) is 0. The molecule has 0 amide bonds. The van der Waals surface area contributed by atoms with E-state index in [1.807, 2.05) is 0 Å². The number of hydrogen-bond donors (Lipinski definition) is 0. The average molecular weight is 719 g/mol. The number of rotatable bonds is 38. The third-order valence-corrected chi connectivity index (χ3v) is 11.8. The summed E-state index contributed by atoms with van der Waals surface area (Å²) < 4.78 is 17.4. The smallest absolute Gasteiger partial charge is 0.312 e. The number of carbonyl (C=O) groups excluding carboxylic acids is 2. The zero-order chi connectivity index (χ0) is 36.5. The van der Waals surface area contributed by atoms with Crippen LogP contribution in [0, 0.1) is 11.8 Å². The number of esters is 2. The van der Waals surface area contributed by atoms with Crippen molar-refractivity contribution < 1.29 is 23.8 Å². The van der Waals surface area contributed by atoms with E-state index >= 15 is 0 Å². The summed E-state index contributed by atoms with van der Waals surface area (Å²) >= 11 is 0. The summed E-state index contributed by atoms with van der Waals surface area (Å²) in [6, 6.07) is 0. The summed E-state index contributed by atoms with van der Waals surface area (Å²) in [5.74, 6) is -1.48. The molecule has 2 bridgehead atoms. The predicted molar refractivity (Wildman–Crippen MR) is 215 cm³/mol. The molecule has 0 spiro atoms. The van der Waals surface area contributed by atoms with Gasteiger partial charge in [0.1, 0.15) is 0 Å². The van der Waals surface area contributed by atoms with Crippen LogP contribution in [0.25, 0.3) is 0 Å². The van der Waals surface area contributed by atoms with E-state index in [4.69, 9.17) is 14.2 Å². The summed E-state index contributed by atoms with van der Waals surface area (Å²) in [6.07, 6.45) is 46.6. The zero-order valence-corrected chi connectivity index (χ0v) is 34.2. The molecule has 5 heteroatoms. The molecule has 5 nitrogen and oxygen atoms in total. The summed E-state index contributed by atoms with van der Waals surface area (Å²) in [4.78, 5) is 26.1. The minimum Gasteiger partial charge on any atom is -0.465 e.